The summed E-state index contributed by atoms with van der Waals surface area (Å²) in [6.45, 7) is 4.85. The minimum Gasteiger partial charge on any atom is -0.480 e. The van der Waals surface area contributed by atoms with Gasteiger partial charge in [0.15, 0.2) is 0 Å². The fourth-order valence-electron chi connectivity index (χ4n) is 4.72. The molecule has 0 saturated carbocycles. The molecule has 3 aliphatic heterocycles. The molecule has 0 bridgehead atoms. The van der Waals surface area contributed by atoms with Crippen LogP contribution in [0, 0.1) is 17.2 Å². The standard InChI is InChI=1S/C14H13N5O2.C11H19NO2/c1-21-14-9(5-15)4-10(6-16-14)19-3-2-12-11(7-19)13(20)18-8-17-12;13-11(12-5-1-2-6-12)9-10-3-7-14-8-4-10/h4,6,8H,2-3,7H2,1H3,(H,17,18,20);10H,1-9H2. The monoisotopic (exact) mass is 480 g/mol. The van der Waals surface area contributed by atoms with Crippen LogP contribution in [0.3, 0.4) is 0 Å². The number of nitrogens with zero attached hydrogens (tertiary/aromatic N) is 5. The predicted octanol–water partition coefficient (Wildman–Crippen LogP) is 2.03. The molecule has 2 saturated heterocycles. The van der Waals surface area contributed by atoms with Gasteiger partial charge in [-0.05, 0) is 37.7 Å². The van der Waals surface area contributed by atoms with Gasteiger partial charge in [0, 0.05) is 45.7 Å². The van der Waals surface area contributed by atoms with Gasteiger partial charge in [0.2, 0.25) is 11.8 Å². The third-order valence-corrected chi connectivity index (χ3v) is 6.78. The van der Waals surface area contributed by atoms with Crippen LogP contribution in [0.15, 0.2) is 23.4 Å². The molecule has 35 heavy (non-hydrogen) atoms. The molecule has 3 aliphatic rings. The van der Waals surface area contributed by atoms with Gasteiger partial charge in [-0.1, -0.05) is 0 Å². The highest BCUT2D eigenvalue weighted by Crippen LogP contribution is 2.25. The second-order valence-corrected chi connectivity index (χ2v) is 9.04. The van der Waals surface area contributed by atoms with Crippen LogP contribution in [0.5, 0.6) is 5.88 Å². The smallest absolute Gasteiger partial charge is 0.255 e. The van der Waals surface area contributed by atoms with Gasteiger partial charge in [0.05, 0.1) is 43.1 Å². The zero-order chi connectivity index (χ0) is 24.6. The van der Waals surface area contributed by atoms with E-state index >= 15 is 0 Å². The van der Waals surface area contributed by atoms with Crippen molar-refractivity contribution >= 4 is 11.6 Å². The number of pyridine rings is 1. The van der Waals surface area contributed by atoms with Crippen LogP contribution in [0.25, 0.3) is 0 Å². The van der Waals surface area contributed by atoms with Crippen molar-refractivity contribution in [3.05, 3.63) is 45.8 Å². The summed E-state index contributed by atoms with van der Waals surface area (Å²) in [7, 11) is 1.48. The summed E-state index contributed by atoms with van der Waals surface area (Å²) in [4.78, 5) is 38.6. The van der Waals surface area contributed by atoms with Crippen LogP contribution in [0.4, 0.5) is 5.69 Å². The molecule has 0 aromatic carbocycles. The molecule has 2 aromatic rings. The number of aromatic nitrogens is 3. The average Bonchev–Trinajstić information content (AvgIpc) is 3.45. The van der Waals surface area contributed by atoms with Crippen LogP contribution < -0.4 is 15.2 Å². The van der Waals surface area contributed by atoms with Crippen LogP contribution >= 0.6 is 0 Å². The predicted molar refractivity (Wildman–Crippen MR) is 129 cm³/mol. The van der Waals surface area contributed by atoms with E-state index in [4.69, 9.17) is 14.7 Å². The Balaban J connectivity index is 0.000000179. The third-order valence-electron chi connectivity index (χ3n) is 6.78. The summed E-state index contributed by atoms with van der Waals surface area (Å²) >= 11 is 0. The van der Waals surface area contributed by atoms with Gasteiger partial charge < -0.3 is 24.3 Å². The first-order valence-electron chi connectivity index (χ1n) is 12.2. The average molecular weight is 481 g/mol. The lowest BCUT2D eigenvalue weighted by Gasteiger charge is -2.29. The number of hydrogen-bond acceptors (Lipinski definition) is 8. The van der Waals surface area contributed by atoms with Gasteiger partial charge in [-0.15, -0.1) is 0 Å². The number of anilines is 1. The number of nitrogens with one attached hydrogen (secondary N) is 1. The molecule has 1 amide bonds. The molecule has 2 aromatic heterocycles. The lowest BCUT2D eigenvalue weighted by molar-refractivity contribution is -0.131. The van der Waals surface area contributed by atoms with E-state index in [-0.39, 0.29) is 5.56 Å². The van der Waals surface area contributed by atoms with Gasteiger partial charge >= 0.3 is 0 Å². The minimum absolute atomic E-state index is 0.119. The molecule has 10 heteroatoms. The van der Waals surface area contributed by atoms with Crippen molar-refractivity contribution in [2.24, 2.45) is 5.92 Å². The number of carbonyl (C=O) groups is 1. The fraction of sp³-hybridized carbons (Fsp3) is 0.560. The first-order valence-corrected chi connectivity index (χ1v) is 12.2. The van der Waals surface area contributed by atoms with Crippen molar-refractivity contribution in [3.8, 4) is 11.9 Å². The van der Waals surface area contributed by atoms with E-state index < -0.39 is 0 Å². The molecule has 0 radical (unpaired) electrons. The third kappa shape index (κ3) is 6.17. The van der Waals surface area contributed by atoms with E-state index in [0.29, 0.717) is 41.8 Å². The largest absolute Gasteiger partial charge is 0.480 e. The number of aromatic amines is 1. The Kier molecular flexibility index (Phi) is 8.32. The Bertz CT molecular complexity index is 1120. The topological polar surface area (TPSA) is 124 Å². The van der Waals surface area contributed by atoms with Crippen molar-refractivity contribution in [3.63, 3.8) is 0 Å². The molecule has 0 spiro atoms. The van der Waals surface area contributed by atoms with E-state index in [1.54, 1.807) is 12.3 Å². The number of ether oxygens (including phenoxy) is 2. The van der Waals surface area contributed by atoms with E-state index in [1.807, 2.05) is 9.80 Å². The zero-order valence-electron chi connectivity index (χ0n) is 20.2. The first-order chi connectivity index (χ1) is 17.1. The molecule has 10 nitrogen and oxygen atoms in total. The SMILES string of the molecule is COc1ncc(N2CCc3nc[nH]c(=O)c3C2)cc1C#N.O=C(CC1CCOCC1)N1CCCC1. The number of carbonyl (C=O) groups excluding carboxylic acids is 1. The maximum absolute atomic E-state index is 11.9. The summed E-state index contributed by atoms with van der Waals surface area (Å²) in [5.41, 5.74) is 2.55. The zero-order valence-corrected chi connectivity index (χ0v) is 20.2. The highest BCUT2D eigenvalue weighted by Gasteiger charge is 2.23. The fourth-order valence-corrected chi connectivity index (χ4v) is 4.72. The lowest BCUT2D eigenvalue weighted by Crippen LogP contribution is -2.35. The second-order valence-electron chi connectivity index (χ2n) is 9.04. The Morgan fingerprint density at radius 1 is 1.26 bits per heavy atom. The quantitative estimate of drug-likeness (QED) is 0.705. The molecule has 186 valence electrons. The van der Waals surface area contributed by atoms with Crippen molar-refractivity contribution in [2.45, 2.75) is 45.1 Å². The number of fused-ring (bicyclic) bond motifs is 1. The van der Waals surface area contributed by atoms with Crippen LogP contribution in [0.1, 0.15) is 48.9 Å². The number of hydrogen-bond donors (Lipinski definition) is 1. The van der Waals surface area contributed by atoms with Crippen molar-refractivity contribution < 1.29 is 14.3 Å². The number of methoxy groups -OCH3 is 1. The second kappa shape index (κ2) is 11.8. The van der Waals surface area contributed by atoms with Crippen molar-refractivity contribution in [1.29, 1.82) is 5.26 Å². The lowest BCUT2D eigenvalue weighted by atomic mass is 9.96. The molecule has 2 fully saturated rings. The summed E-state index contributed by atoms with van der Waals surface area (Å²) in [5, 5.41) is 9.12. The van der Waals surface area contributed by atoms with E-state index in [0.717, 1.165) is 63.5 Å². The molecular formula is C25H32N6O4. The number of likely N-dealkylation sites (tertiary alicyclic amines) is 1. The maximum Gasteiger partial charge on any atom is 0.255 e. The summed E-state index contributed by atoms with van der Waals surface area (Å²) in [6, 6.07) is 3.79. The highest BCUT2D eigenvalue weighted by atomic mass is 16.5. The maximum atomic E-state index is 11.9. The Morgan fingerprint density at radius 3 is 2.74 bits per heavy atom. The minimum atomic E-state index is -0.119. The van der Waals surface area contributed by atoms with Crippen LogP contribution in [0.2, 0.25) is 0 Å². The number of amides is 1. The van der Waals surface area contributed by atoms with E-state index in [9.17, 15) is 9.59 Å². The molecule has 0 unspecified atom stereocenters. The first kappa shape index (κ1) is 24.7. The van der Waals surface area contributed by atoms with Gasteiger partial charge in [-0.25, -0.2) is 9.97 Å². The number of rotatable bonds is 4. The molecule has 5 rings (SSSR count). The molecule has 1 N–H and O–H groups in total. The molecule has 0 aliphatic carbocycles. The number of H-pyrrole nitrogens is 1. The van der Waals surface area contributed by atoms with Gasteiger partial charge in [-0.3, -0.25) is 9.59 Å². The summed E-state index contributed by atoms with van der Waals surface area (Å²) in [5.74, 6) is 1.25. The van der Waals surface area contributed by atoms with Crippen molar-refractivity contribution in [2.75, 3.05) is 44.9 Å². The van der Waals surface area contributed by atoms with Crippen LogP contribution in [-0.2, 0) is 22.5 Å². The van der Waals surface area contributed by atoms with Gasteiger partial charge in [-0.2, -0.15) is 5.26 Å². The molecular weight excluding hydrogens is 448 g/mol. The summed E-state index contributed by atoms with van der Waals surface area (Å²) in [6.07, 6.45) is 9.05. The Labute approximate surface area is 204 Å². The van der Waals surface area contributed by atoms with E-state index in [1.165, 1.54) is 26.3 Å². The van der Waals surface area contributed by atoms with Crippen molar-refractivity contribution in [1.82, 2.24) is 19.9 Å². The Morgan fingerprint density at radius 2 is 2.03 bits per heavy atom. The highest BCUT2D eigenvalue weighted by molar-refractivity contribution is 5.76. The van der Waals surface area contributed by atoms with Gasteiger partial charge in [0.1, 0.15) is 11.6 Å². The molecule has 0 atom stereocenters. The molecule has 5 heterocycles. The van der Waals surface area contributed by atoms with Crippen LogP contribution in [-0.4, -0.2) is 65.7 Å². The summed E-state index contributed by atoms with van der Waals surface area (Å²) < 4.78 is 10.3. The number of nitriles is 1. The Hall–Kier alpha value is -3.45. The van der Waals surface area contributed by atoms with Gasteiger partial charge in [0.25, 0.3) is 5.56 Å². The normalized spacial score (nSPS) is 17.7. The van der Waals surface area contributed by atoms with E-state index in [2.05, 4.69) is 21.0 Å².